The molecule has 2 bridgehead atoms. The lowest BCUT2D eigenvalue weighted by molar-refractivity contribution is -0.231. The van der Waals surface area contributed by atoms with Crippen LogP contribution in [0.3, 0.4) is 0 Å². The van der Waals surface area contributed by atoms with E-state index in [1.54, 1.807) is 14.2 Å². The Morgan fingerprint density at radius 3 is 2.22 bits per heavy atom. The third-order valence-electron chi connectivity index (χ3n) is 5.72. The maximum atomic E-state index is 11.1. The summed E-state index contributed by atoms with van der Waals surface area (Å²) in [5, 5.41) is 11.1. The van der Waals surface area contributed by atoms with Crippen LogP contribution in [0.2, 0.25) is 0 Å². The predicted octanol–water partition coefficient (Wildman–Crippen LogP) is 2.94. The molecule has 0 saturated carbocycles. The van der Waals surface area contributed by atoms with Crippen LogP contribution in [0.25, 0.3) is 0 Å². The Hall–Kier alpha value is -0.940. The molecule has 128 valence electrons. The van der Waals surface area contributed by atoms with E-state index >= 15 is 0 Å². The van der Waals surface area contributed by atoms with Crippen molar-refractivity contribution in [1.29, 1.82) is 0 Å². The molecule has 2 fully saturated rings. The first-order valence-corrected chi connectivity index (χ1v) is 8.59. The van der Waals surface area contributed by atoms with Gasteiger partial charge in [-0.1, -0.05) is 30.3 Å². The minimum absolute atomic E-state index is 0.455. The highest BCUT2D eigenvalue weighted by molar-refractivity contribution is 5.16. The Balaban J connectivity index is 1.69. The number of ether oxygens (including phenoxy) is 2. The molecule has 2 heterocycles. The Morgan fingerprint density at radius 2 is 1.70 bits per heavy atom. The van der Waals surface area contributed by atoms with Crippen LogP contribution < -0.4 is 0 Å². The van der Waals surface area contributed by atoms with Gasteiger partial charge >= 0.3 is 0 Å². The van der Waals surface area contributed by atoms with Crippen LogP contribution in [0.4, 0.5) is 0 Å². The zero-order valence-electron chi connectivity index (χ0n) is 14.5. The standard InChI is InChI=1S/C19H29NO3/c1-18(22-2,23-3)14-19(21)11-16-9-10-17(12-19)20(16)13-15-7-5-4-6-8-15/h4-8,16-17,21H,9-14H2,1-3H3. The number of fused-ring (bicyclic) bond motifs is 2. The van der Waals surface area contributed by atoms with E-state index in [1.807, 2.05) is 6.92 Å². The molecule has 2 atom stereocenters. The Kier molecular flexibility index (Phi) is 4.79. The maximum absolute atomic E-state index is 11.1. The molecule has 4 nitrogen and oxygen atoms in total. The fraction of sp³-hybridized carbons (Fsp3) is 0.684. The molecule has 23 heavy (non-hydrogen) atoms. The first-order chi connectivity index (χ1) is 11.0. The molecule has 1 aromatic rings. The molecule has 0 aliphatic carbocycles. The smallest absolute Gasteiger partial charge is 0.167 e. The molecule has 1 N–H and O–H groups in total. The molecule has 0 aromatic heterocycles. The van der Waals surface area contributed by atoms with Gasteiger partial charge in [0.05, 0.1) is 5.60 Å². The van der Waals surface area contributed by atoms with Crippen molar-refractivity contribution in [3.05, 3.63) is 35.9 Å². The molecule has 0 amide bonds. The Labute approximate surface area is 139 Å². The van der Waals surface area contributed by atoms with E-state index in [2.05, 4.69) is 35.2 Å². The summed E-state index contributed by atoms with van der Waals surface area (Å²) in [6, 6.07) is 11.5. The second-order valence-electron chi connectivity index (χ2n) is 7.39. The van der Waals surface area contributed by atoms with Crippen LogP contribution in [0.5, 0.6) is 0 Å². The normalized spacial score (nSPS) is 31.5. The van der Waals surface area contributed by atoms with E-state index in [9.17, 15) is 5.11 Å². The molecule has 2 saturated heterocycles. The quantitative estimate of drug-likeness (QED) is 0.819. The number of aliphatic hydroxyl groups is 1. The summed E-state index contributed by atoms with van der Waals surface area (Å²) in [7, 11) is 3.29. The summed E-state index contributed by atoms with van der Waals surface area (Å²) in [5.41, 5.74) is 0.660. The number of benzene rings is 1. The monoisotopic (exact) mass is 319 g/mol. The predicted molar refractivity (Wildman–Crippen MR) is 90.0 cm³/mol. The van der Waals surface area contributed by atoms with E-state index in [-0.39, 0.29) is 0 Å². The number of nitrogens with zero attached hydrogens (tertiary/aromatic N) is 1. The number of hydrogen-bond donors (Lipinski definition) is 1. The number of hydrogen-bond acceptors (Lipinski definition) is 4. The number of piperidine rings is 1. The summed E-state index contributed by atoms with van der Waals surface area (Å²) in [6.45, 7) is 2.89. The summed E-state index contributed by atoms with van der Waals surface area (Å²) in [6.07, 6.45) is 4.49. The van der Waals surface area contributed by atoms with Crippen LogP contribution >= 0.6 is 0 Å². The highest BCUT2D eigenvalue weighted by Gasteiger charge is 2.50. The van der Waals surface area contributed by atoms with Gasteiger partial charge in [0.1, 0.15) is 0 Å². The topological polar surface area (TPSA) is 41.9 Å². The molecule has 0 radical (unpaired) electrons. The van der Waals surface area contributed by atoms with Crippen molar-refractivity contribution in [3.8, 4) is 0 Å². The van der Waals surface area contributed by atoms with Gasteiger partial charge in [-0.05, 0) is 38.2 Å². The van der Waals surface area contributed by atoms with Crippen LogP contribution in [0.1, 0.15) is 44.6 Å². The molecule has 2 aliphatic heterocycles. The van der Waals surface area contributed by atoms with Gasteiger partial charge in [-0.25, -0.2) is 0 Å². The van der Waals surface area contributed by atoms with Gasteiger partial charge in [0.25, 0.3) is 0 Å². The van der Waals surface area contributed by atoms with Crippen molar-refractivity contribution in [3.63, 3.8) is 0 Å². The summed E-state index contributed by atoms with van der Waals surface area (Å²) >= 11 is 0. The average molecular weight is 319 g/mol. The van der Waals surface area contributed by atoms with Gasteiger partial charge in [-0.2, -0.15) is 0 Å². The summed E-state index contributed by atoms with van der Waals surface area (Å²) in [4.78, 5) is 2.58. The highest BCUT2D eigenvalue weighted by Crippen LogP contribution is 2.45. The lowest BCUT2D eigenvalue weighted by Crippen LogP contribution is -2.53. The van der Waals surface area contributed by atoms with Crippen molar-refractivity contribution < 1.29 is 14.6 Å². The minimum atomic E-state index is -0.713. The number of methoxy groups -OCH3 is 2. The second-order valence-corrected chi connectivity index (χ2v) is 7.39. The first kappa shape index (κ1) is 16.9. The van der Waals surface area contributed by atoms with Gasteiger partial charge in [0, 0.05) is 39.3 Å². The van der Waals surface area contributed by atoms with Gasteiger partial charge in [0.2, 0.25) is 0 Å². The zero-order chi connectivity index (χ0) is 16.5. The zero-order valence-corrected chi connectivity index (χ0v) is 14.5. The summed E-state index contributed by atoms with van der Waals surface area (Å²) < 4.78 is 10.9. The van der Waals surface area contributed by atoms with Crippen molar-refractivity contribution in [2.24, 2.45) is 0 Å². The van der Waals surface area contributed by atoms with E-state index in [0.717, 1.165) is 19.4 Å². The van der Waals surface area contributed by atoms with Gasteiger partial charge in [-0.3, -0.25) is 4.90 Å². The van der Waals surface area contributed by atoms with Crippen molar-refractivity contribution in [2.75, 3.05) is 14.2 Å². The first-order valence-electron chi connectivity index (χ1n) is 8.59. The third kappa shape index (κ3) is 3.61. The summed E-state index contributed by atoms with van der Waals surface area (Å²) in [5.74, 6) is -0.713. The molecule has 3 rings (SSSR count). The SMILES string of the molecule is COC(C)(CC1(O)CC2CCC(C1)N2Cc1ccccc1)OC. The Bertz CT molecular complexity index is 501. The lowest BCUT2D eigenvalue weighted by atomic mass is 9.81. The largest absolute Gasteiger partial charge is 0.390 e. The molecule has 2 unspecified atom stereocenters. The van der Waals surface area contributed by atoms with Crippen molar-refractivity contribution in [2.45, 2.75) is 69.0 Å². The van der Waals surface area contributed by atoms with E-state index in [4.69, 9.17) is 9.47 Å². The molecule has 4 heteroatoms. The fourth-order valence-electron chi connectivity index (χ4n) is 4.44. The maximum Gasteiger partial charge on any atom is 0.167 e. The van der Waals surface area contributed by atoms with Gasteiger partial charge < -0.3 is 14.6 Å². The minimum Gasteiger partial charge on any atom is -0.390 e. The Morgan fingerprint density at radius 1 is 1.13 bits per heavy atom. The second kappa shape index (κ2) is 6.52. The fourth-order valence-corrected chi connectivity index (χ4v) is 4.44. The highest BCUT2D eigenvalue weighted by atomic mass is 16.7. The van der Waals surface area contributed by atoms with Gasteiger partial charge in [-0.15, -0.1) is 0 Å². The van der Waals surface area contributed by atoms with Crippen LogP contribution in [-0.4, -0.2) is 47.7 Å². The molecule has 1 aromatic carbocycles. The molecular weight excluding hydrogens is 290 g/mol. The van der Waals surface area contributed by atoms with E-state index < -0.39 is 11.4 Å². The number of rotatable bonds is 6. The van der Waals surface area contributed by atoms with Crippen molar-refractivity contribution >= 4 is 0 Å². The van der Waals surface area contributed by atoms with Crippen LogP contribution in [-0.2, 0) is 16.0 Å². The average Bonchev–Trinajstić information content (AvgIpc) is 2.80. The molecular formula is C19H29NO3. The van der Waals surface area contributed by atoms with E-state index in [1.165, 1.54) is 18.4 Å². The van der Waals surface area contributed by atoms with Gasteiger partial charge in [0.15, 0.2) is 5.79 Å². The van der Waals surface area contributed by atoms with E-state index in [0.29, 0.717) is 18.5 Å². The lowest BCUT2D eigenvalue weighted by Gasteiger charge is -2.46. The molecule has 0 spiro atoms. The van der Waals surface area contributed by atoms with Crippen LogP contribution in [0, 0.1) is 0 Å². The van der Waals surface area contributed by atoms with Crippen molar-refractivity contribution in [1.82, 2.24) is 4.90 Å². The van der Waals surface area contributed by atoms with Crippen LogP contribution in [0.15, 0.2) is 30.3 Å². The third-order valence-corrected chi connectivity index (χ3v) is 5.72. The molecule has 2 aliphatic rings.